The molecule has 13 heteroatoms. The van der Waals surface area contributed by atoms with Crippen molar-refractivity contribution in [3.63, 3.8) is 0 Å². The maximum atomic E-state index is 11.1. The Morgan fingerprint density at radius 1 is 1.00 bits per heavy atom. The quantitative estimate of drug-likeness (QED) is 0.447. The number of hydrogen-bond acceptors (Lipinski definition) is 9. The number of amidine groups is 1. The maximum absolute atomic E-state index is 11.1. The van der Waals surface area contributed by atoms with Crippen LogP contribution in [0.3, 0.4) is 0 Å². The zero-order valence-corrected chi connectivity index (χ0v) is 10.4. The second-order valence-electron chi connectivity index (χ2n) is 2.81. The third-order valence-electron chi connectivity index (χ3n) is 1.82. The SMILES string of the molecule is O=c1nc2n3c(nc([O-])nc3n1)N=C([O-])N2.[Li+].[Li+].[Li+]. The van der Waals surface area contributed by atoms with Gasteiger partial charge in [0, 0.05) is 0 Å². The van der Waals surface area contributed by atoms with Crippen molar-refractivity contribution in [3.8, 4) is 6.01 Å². The molecule has 0 atom stereocenters. The molecule has 0 bridgehead atoms. The minimum Gasteiger partial charge on any atom is -0.846 e. The first-order valence-corrected chi connectivity index (χ1v) is 4.02. The van der Waals surface area contributed by atoms with Crippen LogP contribution in [0.25, 0.3) is 5.78 Å². The summed E-state index contributed by atoms with van der Waals surface area (Å²) < 4.78 is 1.10. The Morgan fingerprint density at radius 3 is 2.37 bits per heavy atom. The minimum absolute atomic E-state index is 0. The standard InChI is InChI=1S/C6H3N7O3.3Li/c14-4-7-1-8-5(15)10-3-12-6(16)11-2(9-4)13(1)3;;;/h(H3,7,8,9,10,11,12,14,15,16);;;/q;3*+1/p-2. The van der Waals surface area contributed by atoms with Crippen LogP contribution in [0.15, 0.2) is 9.79 Å². The molecule has 0 aromatic carbocycles. The first-order chi connectivity index (χ1) is 7.63. The molecule has 2 aromatic heterocycles. The first kappa shape index (κ1) is 18.0. The summed E-state index contributed by atoms with van der Waals surface area (Å²) in [7, 11) is 0. The molecule has 1 aliphatic rings. The van der Waals surface area contributed by atoms with E-state index < -0.39 is 17.7 Å². The monoisotopic (exact) mass is 240 g/mol. The van der Waals surface area contributed by atoms with Crippen LogP contribution in [-0.2, 0) is 0 Å². The number of anilines is 1. The largest absolute Gasteiger partial charge is 1.00 e. The molecule has 3 heterocycles. The fourth-order valence-corrected chi connectivity index (χ4v) is 1.27. The molecule has 0 fully saturated rings. The Kier molecular flexibility index (Phi) is 6.11. The zero-order chi connectivity index (χ0) is 11.3. The predicted molar refractivity (Wildman–Crippen MR) is 45.0 cm³/mol. The summed E-state index contributed by atoms with van der Waals surface area (Å²) in [5, 5.41) is 24.3. The molecule has 19 heavy (non-hydrogen) atoms. The summed E-state index contributed by atoms with van der Waals surface area (Å²) in [5.41, 5.74) is -0.860. The third-order valence-corrected chi connectivity index (χ3v) is 1.82. The van der Waals surface area contributed by atoms with Crippen LogP contribution in [0.1, 0.15) is 0 Å². The van der Waals surface area contributed by atoms with E-state index >= 15 is 0 Å². The van der Waals surface area contributed by atoms with E-state index in [9.17, 15) is 15.0 Å². The molecule has 0 aliphatic carbocycles. The van der Waals surface area contributed by atoms with Gasteiger partial charge in [0.25, 0.3) is 0 Å². The van der Waals surface area contributed by atoms with E-state index in [0.717, 1.165) is 4.40 Å². The summed E-state index contributed by atoms with van der Waals surface area (Å²) in [4.78, 5) is 28.1. The Bertz CT molecular complexity index is 702. The molecule has 1 N–H and O–H groups in total. The number of aromatic nitrogens is 5. The van der Waals surface area contributed by atoms with Crippen molar-refractivity contribution < 1.29 is 66.8 Å². The Morgan fingerprint density at radius 2 is 1.68 bits per heavy atom. The third kappa shape index (κ3) is 3.13. The van der Waals surface area contributed by atoms with Crippen molar-refractivity contribution in [1.82, 2.24) is 24.3 Å². The molecule has 0 saturated carbocycles. The van der Waals surface area contributed by atoms with Gasteiger partial charge in [-0.3, -0.25) is 0 Å². The van der Waals surface area contributed by atoms with Gasteiger partial charge in [0.15, 0.2) is 0 Å². The zero-order valence-electron chi connectivity index (χ0n) is 10.4. The average molecular weight is 240 g/mol. The predicted octanol–water partition coefficient (Wildman–Crippen LogP) is -12.3. The van der Waals surface area contributed by atoms with Crippen LogP contribution in [0.5, 0.6) is 6.01 Å². The fourth-order valence-electron chi connectivity index (χ4n) is 1.27. The van der Waals surface area contributed by atoms with Crippen LogP contribution in [0.2, 0.25) is 0 Å². The van der Waals surface area contributed by atoms with E-state index in [4.69, 9.17) is 0 Å². The molecule has 0 amide bonds. The molecule has 1 aliphatic heterocycles. The number of hydrogen-bond donors (Lipinski definition) is 1. The average Bonchev–Trinajstić information content (AvgIpc) is 2.14. The van der Waals surface area contributed by atoms with E-state index in [2.05, 4.69) is 30.2 Å². The Hall–Kier alpha value is -0.988. The van der Waals surface area contributed by atoms with Crippen LogP contribution in [0, 0.1) is 0 Å². The molecule has 80 valence electrons. The van der Waals surface area contributed by atoms with Crippen LogP contribution in [0.4, 0.5) is 11.9 Å². The van der Waals surface area contributed by atoms with Gasteiger partial charge < -0.3 is 15.5 Å². The van der Waals surface area contributed by atoms with Gasteiger partial charge in [-0.1, -0.05) is 0 Å². The molecular formula is C6HLi3N7O3+. The molecule has 0 spiro atoms. The van der Waals surface area contributed by atoms with Crippen molar-refractivity contribution >= 4 is 23.7 Å². The van der Waals surface area contributed by atoms with Gasteiger partial charge in [-0.15, -0.1) is 0 Å². The van der Waals surface area contributed by atoms with Crippen LogP contribution >= 0.6 is 0 Å². The molecule has 0 saturated heterocycles. The molecule has 10 nitrogen and oxygen atoms in total. The van der Waals surface area contributed by atoms with Crippen molar-refractivity contribution in [2.24, 2.45) is 4.99 Å². The fraction of sp³-hybridized carbons (Fsp3) is 0. The van der Waals surface area contributed by atoms with Crippen molar-refractivity contribution in [2.75, 3.05) is 5.32 Å². The second-order valence-corrected chi connectivity index (χ2v) is 2.81. The normalized spacial score (nSPS) is 11.3. The molecule has 0 unspecified atom stereocenters. The summed E-state index contributed by atoms with van der Waals surface area (Å²) in [6, 6.07) is -1.64. The Balaban J connectivity index is 0.00000108. The summed E-state index contributed by atoms with van der Waals surface area (Å²) in [6.45, 7) is 0. The topological polar surface area (TPSA) is 144 Å². The van der Waals surface area contributed by atoms with E-state index in [-0.39, 0.29) is 74.3 Å². The summed E-state index contributed by atoms with van der Waals surface area (Å²) >= 11 is 0. The van der Waals surface area contributed by atoms with Crippen LogP contribution < -0.4 is 77.8 Å². The summed E-state index contributed by atoms with van der Waals surface area (Å²) in [6.07, 6.45) is 0. The van der Waals surface area contributed by atoms with E-state index in [1.54, 1.807) is 0 Å². The van der Waals surface area contributed by atoms with Gasteiger partial charge in [0.05, 0.1) is 12.0 Å². The molecular weight excluding hydrogens is 239 g/mol. The van der Waals surface area contributed by atoms with Gasteiger partial charge in [-0.25, -0.2) is 24.2 Å². The maximum Gasteiger partial charge on any atom is 1.00 e. The van der Waals surface area contributed by atoms with Crippen molar-refractivity contribution in [2.45, 2.75) is 0 Å². The summed E-state index contributed by atoms with van der Waals surface area (Å²) in [5.74, 6) is -0.507. The van der Waals surface area contributed by atoms with E-state index in [1.165, 1.54) is 0 Å². The van der Waals surface area contributed by atoms with E-state index in [0.29, 0.717) is 0 Å². The van der Waals surface area contributed by atoms with Gasteiger partial charge in [-0.05, 0) is 0 Å². The van der Waals surface area contributed by atoms with Gasteiger partial charge >= 0.3 is 62.3 Å². The molecule has 2 aromatic rings. The number of nitrogens with zero attached hydrogens (tertiary/aromatic N) is 6. The smallest absolute Gasteiger partial charge is 0.846 e. The minimum atomic E-state index is -0.877. The number of nitrogens with one attached hydrogen (secondary N) is 1. The Labute approximate surface area is 141 Å². The second kappa shape index (κ2) is 6.45. The molecule has 0 radical (unpaired) electrons. The van der Waals surface area contributed by atoms with Gasteiger partial charge in [0.2, 0.25) is 17.7 Å². The first-order valence-electron chi connectivity index (χ1n) is 4.02. The van der Waals surface area contributed by atoms with Crippen molar-refractivity contribution in [1.29, 1.82) is 0 Å². The van der Waals surface area contributed by atoms with Gasteiger partial charge in [-0.2, -0.15) is 9.97 Å². The van der Waals surface area contributed by atoms with Crippen LogP contribution in [-0.4, -0.2) is 30.4 Å². The van der Waals surface area contributed by atoms with E-state index in [1.807, 2.05) is 0 Å². The van der Waals surface area contributed by atoms with Crippen molar-refractivity contribution in [3.05, 3.63) is 10.5 Å². The number of rotatable bonds is 0. The van der Waals surface area contributed by atoms with Gasteiger partial charge in [0.1, 0.15) is 0 Å². The molecule has 3 rings (SSSR count). The number of aliphatic imine (C=N–C) groups is 1.